The number of carbonyl (C=O) groups excluding carboxylic acids is 1. The maximum absolute atomic E-state index is 11.9. The van der Waals surface area contributed by atoms with E-state index in [0.29, 0.717) is 5.92 Å². The summed E-state index contributed by atoms with van der Waals surface area (Å²) in [5.41, 5.74) is 1.11. The van der Waals surface area contributed by atoms with Gasteiger partial charge in [0.05, 0.1) is 6.10 Å². The Kier molecular flexibility index (Phi) is 9.35. The predicted molar refractivity (Wildman–Crippen MR) is 102 cm³/mol. The molecule has 2 aliphatic carbocycles. The summed E-state index contributed by atoms with van der Waals surface area (Å²) in [6.07, 6.45) is 13.9. The van der Waals surface area contributed by atoms with Crippen molar-refractivity contribution in [3.63, 3.8) is 0 Å². The van der Waals surface area contributed by atoms with E-state index >= 15 is 0 Å². The maximum atomic E-state index is 11.9. The first kappa shape index (κ1) is 21.0. The standard InChI is InChI=1S/C17H26O3.C4H10.H2/c1-13(2)14-7-6-8-15(11-14)19-12-16(18)20-17(3)9-4-5-10-17;1-3-4-2;/h6-8,13,15H,4-5,9-12H2,1-3H3;3-4H2,1-2H3;1H. The van der Waals surface area contributed by atoms with Gasteiger partial charge >= 0.3 is 5.97 Å². The molecule has 1 atom stereocenters. The monoisotopic (exact) mass is 338 g/mol. The number of allylic oxidation sites excluding steroid dienone is 2. The summed E-state index contributed by atoms with van der Waals surface area (Å²) < 4.78 is 11.2. The van der Waals surface area contributed by atoms with Crippen LogP contribution < -0.4 is 0 Å². The van der Waals surface area contributed by atoms with Crippen LogP contribution in [0.4, 0.5) is 0 Å². The third kappa shape index (κ3) is 7.65. The number of hydrogen-bond acceptors (Lipinski definition) is 3. The second-order valence-electron chi connectivity index (χ2n) is 7.47. The summed E-state index contributed by atoms with van der Waals surface area (Å²) in [5.74, 6) is 0.291. The van der Waals surface area contributed by atoms with Gasteiger partial charge in [0.1, 0.15) is 12.2 Å². The highest BCUT2D eigenvalue weighted by molar-refractivity contribution is 5.71. The zero-order valence-electron chi connectivity index (χ0n) is 16.3. The number of unbranched alkanes of at least 4 members (excludes halogenated alkanes) is 1. The number of esters is 1. The van der Waals surface area contributed by atoms with Crippen molar-refractivity contribution in [2.45, 2.75) is 91.3 Å². The third-order valence-corrected chi connectivity index (χ3v) is 4.75. The van der Waals surface area contributed by atoms with E-state index in [1.54, 1.807) is 0 Å². The molecule has 0 aliphatic heterocycles. The Morgan fingerprint density at radius 2 is 1.92 bits per heavy atom. The first-order valence-corrected chi connectivity index (χ1v) is 9.61. The van der Waals surface area contributed by atoms with Gasteiger partial charge in [0, 0.05) is 1.43 Å². The third-order valence-electron chi connectivity index (χ3n) is 4.75. The highest BCUT2D eigenvalue weighted by Crippen LogP contribution is 2.32. The van der Waals surface area contributed by atoms with E-state index in [-0.39, 0.29) is 25.7 Å². The van der Waals surface area contributed by atoms with Crippen LogP contribution in [0.3, 0.4) is 0 Å². The Morgan fingerprint density at radius 3 is 2.46 bits per heavy atom. The molecule has 1 unspecified atom stereocenters. The molecule has 0 aromatic carbocycles. The normalized spacial score (nSPS) is 21.9. The van der Waals surface area contributed by atoms with Crippen LogP contribution in [-0.4, -0.2) is 24.3 Å². The molecule has 0 heterocycles. The van der Waals surface area contributed by atoms with Crippen LogP contribution in [0.5, 0.6) is 0 Å². The molecule has 3 nitrogen and oxygen atoms in total. The maximum Gasteiger partial charge on any atom is 0.332 e. The Hall–Kier alpha value is -1.09. The molecule has 0 radical (unpaired) electrons. The van der Waals surface area contributed by atoms with Crippen molar-refractivity contribution in [1.29, 1.82) is 0 Å². The molecule has 1 fully saturated rings. The summed E-state index contributed by atoms with van der Waals surface area (Å²) in [5, 5.41) is 0. The number of carbonyl (C=O) groups is 1. The topological polar surface area (TPSA) is 35.5 Å². The highest BCUT2D eigenvalue weighted by atomic mass is 16.6. The lowest BCUT2D eigenvalue weighted by molar-refractivity contribution is -0.164. The first-order chi connectivity index (χ1) is 11.4. The lowest BCUT2D eigenvalue weighted by Crippen LogP contribution is -2.31. The van der Waals surface area contributed by atoms with Crippen molar-refractivity contribution in [1.82, 2.24) is 0 Å². The molecule has 0 aromatic rings. The van der Waals surface area contributed by atoms with Crippen LogP contribution in [0.15, 0.2) is 23.8 Å². The van der Waals surface area contributed by atoms with Gasteiger partial charge < -0.3 is 9.47 Å². The molecule has 2 rings (SSSR count). The number of rotatable bonds is 6. The molecule has 0 aromatic heterocycles. The lowest BCUT2D eigenvalue weighted by Gasteiger charge is -2.25. The van der Waals surface area contributed by atoms with Gasteiger partial charge in [-0.05, 0) is 44.9 Å². The van der Waals surface area contributed by atoms with E-state index in [1.165, 1.54) is 18.4 Å². The van der Waals surface area contributed by atoms with Crippen LogP contribution in [0.25, 0.3) is 0 Å². The first-order valence-electron chi connectivity index (χ1n) is 9.61. The Balaban J connectivity index is 0.00000104. The number of hydrogen-bond donors (Lipinski definition) is 0. The minimum atomic E-state index is -0.258. The predicted octanol–water partition coefficient (Wildman–Crippen LogP) is 5.84. The quantitative estimate of drug-likeness (QED) is 0.570. The van der Waals surface area contributed by atoms with Gasteiger partial charge in [0.2, 0.25) is 0 Å². The van der Waals surface area contributed by atoms with Gasteiger partial charge in [-0.3, -0.25) is 0 Å². The number of ether oxygens (including phenoxy) is 2. The molecule has 140 valence electrons. The van der Waals surface area contributed by atoms with Gasteiger partial charge in [-0.25, -0.2) is 4.79 Å². The minimum absolute atomic E-state index is 0. The van der Waals surface area contributed by atoms with Crippen LogP contribution >= 0.6 is 0 Å². The fourth-order valence-corrected chi connectivity index (χ4v) is 2.92. The molecule has 0 saturated heterocycles. The van der Waals surface area contributed by atoms with E-state index in [9.17, 15) is 4.79 Å². The van der Waals surface area contributed by atoms with E-state index in [0.717, 1.165) is 32.1 Å². The fourth-order valence-electron chi connectivity index (χ4n) is 2.92. The molecular weight excluding hydrogens is 300 g/mol. The summed E-state index contributed by atoms with van der Waals surface area (Å²) in [4.78, 5) is 11.9. The van der Waals surface area contributed by atoms with E-state index in [2.05, 4.69) is 33.8 Å². The SMILES string of the molecule is CC(C)C1=CC=CC(OCC(=O)OC2(C)CCCC2)C1.CCCC.[HH]. The smallest absolute Gasteiger partial charge is 0.332 e. The Morgan fingerprint density at radius 1 is 1.29 bits per heavy atom. The zero-order chi connectivity index (χ0) is 18.0. The van der Waals surface area contributed by atoms with Gasteiger partial charge in [0.15, 0.2) is 0 Å². The van der Waals surface area contributed by atoms with Crippen molar-refractivity contribution in [2.24, 2.45) is 5.92 Å². The molecule has 0 bridgehead atoms. The average Bonchev–Trinajstić information content (AvgIpc) is 2.99. The summed E-state index contributed by atoms with van der Waals surface area (Å²) in [6.45, 7) is 10.8. The highest BCUT2D eigenvalue weighted by Gasteiger charge is 2.32. The van der Waals surface area contributed by atoms with E-state index < -0.39 is 0 Å². The molecule has 2 aliphatic rings. The van der Waals surface area contributed by atoms with Crippen molar-refractivity contribution in [3.8, 4) is 0 Å². The Labute approximate surface area is 150 Å². The molecule has 3 heteroatoms. The molecule has 1 saturated carbocycles. The van der Waals surface area contributed by atoms with Gasteiger partial charge in [-0.2, -0.15) is 0 Å². The fraction of sp³-hybridized carbons (Fsp3) is 0.762. The Bertz CT molecular complexity index is 432. The van der Waals surface area contributed by atoms with E-state index in [4.69, 9.17) is 9.47 Å². The zero-order valence-corrected chi connectivity index (χ0v) is 16.3. The van der Waals surface area contributed by atoms with E-state index in [1.807, 2.05) is 19.1 Å². The van der Waals surface area contributed by atoms with Crippen molar-refractivity contribution in [3.05, 3.63) is 23.8 Å². The van der Waals surface area contributed by atoms with Crippen molar-refractivity contribution >= 4 is 5.97 Å². The van der Waals surface area contributed by atoms with Crippen molar-refractivity contribution in [2.75, 3.05) is 6.61 Å². The van der Waals surface area contributed by atoms with Gasteiger partial charge in [-0.15, -0.1) is 0 Å². The summed E-state index contributed by atoms with van der Waals surface area (Å²) >= 11 is 0. The van der Waals surface area contributed by atoms with Gasteiger partial charge in [-0.1, -0.05) is 64.3 Å². The second-order valence-corrected chi connectivity index (χ2v) is 7.47. The van der Waals surface area contributed by atoms with Crippen molar-refractivity contribution < 1.29 is 15.7 Å². The second kappa shape index (κ2) is 10.7. The van der Waals surface area contributed by atoms with Crippen LogP contribution in [0, 0.1) is 5.92 Å². The molecule has 0 amide bonds. The van der Waals surface area contributed by atoms with Gasteiger partial charge in [0.25, 0.3) is 0 Å². The molecule has 0 spiro atoms. The summed E-state index contributed by atoms with van der Waals surface area (Å²) in [7, 11) is 0. The molecular formula is C21H38O3. The lowest BCUT2D eigenvalue weighted by atomic mass is 9.93. The van der Waals surface area contributed by atoms with Crippen LogP contribution in [-0.2, 0) is 14.3 Å². The largest absolute Gasteiger partial charge is 0.458 e. The molecule has 0 N–H and O–H groups in total. The average molecular weight is 339 g/mol. The molecule has 24 heavy (non-hydrogen) atoms. The van der Waals surface area contributed by atoms with Crippen LogP contribution in [0.2, 0.25) is 0 Å². The summed E-state index contributed by atoms with van der Waals surface area (Å²) in [6, 6.07) is 0. The van der Waals surface area contributed by atoms with Crippen LogP contribution in [0.1, 0.15) is 81.0 Å². The minimum Gasteiger partial charge on any atom is -0.458 e.